The number of nitrogens with one attached hydrogen (secondary N) is 2. The minimum Gasteiger partial charge on any atom is -0.495 e. The van der Waals surface area contributed by atoms with Crippen molar-refractivity contribution < 1.29 is 14.3 Å². The molecular weight excluding hydrogens is 382 g/mol. The first-order chi connectivity index (χ1) is 13.6. The van der Waals surface area contributed by atoms with Gasteiger partial charge in [-0.25, -0.2) is 9.67 Å². The number of amides is 2. The number of halogens is 1. The van der Waals surface area contributed by atoms with Crippen molar-refractivity contribution in [2.75, 3.05) is 12.4 Å². The van der Waals surface area contributed by atoms with E-state index in [0.29, 0.717) is 23.0 Å². The average molecular weight is 400 g/mol. The van der Waals surface area contributed by atoms with Crippen molar-refractivity contribution in [1.29, 1.82) is 0 Å². The van der Waals surface area contributed by atoms with Gasteiger partial charge in [-0.05, 0) is 29.3 Å². The first kappa shape index (κ1) is 19.4. The van der Waals surface area contributed by atoms with Gasteiger partial charge in [0, 0.05) is 11.6 Å². The highest BCUT2D eigenvalue weighted by atomic mass is 35.5. The van der Waals surface area contributed by atoms with Gasteiger partial charge in [-0.2, -0.15) is 5.10 Å². The van der Waals surface area contributed by atoms with E-state index in [9.17, 15) is 9.59 Å². The fourth-order valence-electron chi connectivity index (χ4n) is 2.59. The highest BCUT2D eigenvalue weighted by Crippen LogP contribution is 2.27. The molecule has 0 aliphatic rings. The van der Waals surface area contributed by atoms with Crippen LogP contribution in [0.15, 0.2) is 55.1 Å². The van der Waals surface area contributed by atoms with Crippen molar-refractivity contribution in [3.05, 3.63) is 71.3 Å². The topological polar surface area (TPSA) is 98.1 Å². The monoisotopic (exact) mass is 399 g/mol. The van der Waals surface area contributed by atoms with Crippen LogP contribution in [0, 0.1) is 0 Å². The Morgan fingerprint density at radius 3 is 2.64 bits per heavy atom. The lowest BCUT2D eigenvalue weighted by atomic mass is 10.1. The van der Waals surface area contributed by atoms with E-state index in [-0.39, 0.29) is 6.54 Å². The Labute approximate surface area is 166 Å². The maximum atomic E-state index is 12.2. The van der Waals surface area contributed by atoms with Crippen LogP contribution in [-0.2, 0) is 22.7 Å². The molecule has 3 aromatic rings. The number of ether oxygens (including phenoxy) is 1. The Bertz CT molecular complexity index is 975. The maximum Gasteiger partial charge on any atom is 0.313 e. The quantitative estimate of drug-likeness (QED) is 0.619. The van der Waals surface area contributed by atoms with Crippen LogP contribution in [0.2, 0.25) is 5.02 Å². The van der Waals surface area contributed by atoms with E-state index in [4.69, 9.17) is 16.3 Å². The molecule has 1 aromatic heterocycles. The lowest BCUT2D eigenvalue weighted by molar-refractivity contribution is -0.136. The number of carbonyl (C=O) groups excluding carboxylic acids is 2. The third-order valence-corrected chi connectivity index (χ3v) is 4.21. The van der Waals surface area contributed by atoms with Crippen molar-refractivity contribution in [2.45, 2.75) is 13.1 Å². The Morgan fingerprint density at radius 1 is 1.14 bits per heavy atom. The van der Waals surface area contributed by atoms with E-state index >= 15 is 0 Å². The second kappa shape index (κ2) is 9.01. The van der Waals surface area contributed by atoms with Gasteiger partial charge in [0.15, 0.2) is 0 Å². The third-order valence-electron chi connectivity index (χ3n) is 3.97. The van der Waals surface area contributed by atoms with Crippen LogP contribution in [0.3, 0.4) is 0 Å². The largest absolute Gasteiger partial charge is 0.495 e. The SMILES string of the molecule is COc1ccc(Cl)cc1NC(=O)C(=O)NCc1ccccc1Cn1cncn1. The normalized spacial score (nSPS) is 10.4. The van der Waals surface area contributed by atoms with Gasteiger partial charge in [0.1, 0.15) is 18.4 Å². The van der Waals surface area contributed by atoms with Crippen LogP contribution in [0.25, 0.3) is 0 Å². The first-order valence-corrected chi connectivity index (χ1v) is 8.76. The van der Waals surface area contributed by atoms with Crippen LogP contribution in [0.4, 0.5) is 5.69 Å². The second-order valence-corrected chi connectivity index (χ2v) is 6.28. The Morgan fingerprint density at radius 2 is 1.93 bits per heavy atom. The van der Waals surface area contributed by atoms with Crippen LogP contribution in [0.1, 0.15) is 11.1 Å². The van der Waals surface area contributed by atoms with E-state index in [2.05, 4.69) is 20.7 Å². The molecule has 3 rings (SSSR count). The predicted molar refractivity (Wildman–Crippen MR) is 104 cm³/mol. The molecule has 0 unspecified atom stereocenters. The van der Waals surface area contributed by atoms with Gasteiger partial charge in [0.25, 0.3) is 0 Å². The van der Waals surface area contributed by atoms with E-state index in [1.165, 1.54) is 19.5 Å². The highest BCUT2D eigenvalue weighted by Gasteiger charge is 2.16. The average Bonchev–Trinajstić information content (AvgIpc) is 3.20. The minimum atomic E-state index is -0.811. The molecule has 2 N–H and O–H groups in total. The third kappa shape index (κ3) is 4.86. The summed E-state index contributed by atoms with van der Waals surface area (Å²) in [6, 6.07) is 12.3. The molecule has 2 amide bonds. The van der Waals surface area contributed by atoms with Crippen LogP contribution >= 0.6 is 11.6 Å². The molecule has 1 heterocycles. The predicted octanol–water partition coefficient (Wildman–Crippen LogP) is 2.24. The summed E-state index contributed by atoms with van der Waals surface area (Å²) in [4.78, 5) is 28.3. The molecule has 0 fully saturated rings. The molecular formula is C19H18ClN5O3. The van der Waals surface area contributed by atoms with Gasteiger partial charge < -0.3 is 15.4 Å². The molecule has 0 aliphatic heterocycles. The summed E-state index contributed by atoms with van der Waals surface area (Å²) >= 11 is 5.93. The number of rotatable bonds is 6. The lowest BCUT2D eigenvalue weighted by Crippen LogP contribution is -2.35. The standard InChI is InChI=1S/C19H18ClN5O3/c1-28-17-7-6-15(20)8-16(17)24-19(27)18(26)22-9-13-4-2-3-5-14(13)10-25-12-21-11-23-25/h2-8,11-12H,9-10H2,1H3,(H,22,26)(H,24,27). The molecule has 0 saturated heterocycles. The fraction of sp³-hybridized carbons (Fsp3) is 0.158. The number of nitrogens with zero attached hydrogens (tertiary/aromatic N) is 3. The molecule has 0 radical (unpaired) electrons. The van der Waals surface area contributed by atoms with Crippen molar-refractivity contribution in [1.82, 2.24) is 20.1 Å². The number of hydrogen-bond donors (Lipinski definition) is 2. The Balaban J connectivity index is 1.63. The molecule has 9 heteroatoms. The van der Waals surface area contributed by atoms with Crippen molar-refractivity contribution >= 4 is 29.1 Å². The Kier molecular flexibility index (Phi) is 6.23. The van der Waals surface area contributed by atoms with Gasteiger partial charge in [0.05, 0.1) is 19.3 Å². The summed E-state index contributed by atoms with van der Waals surface area (Å²) in [5.74, 6) is -1.17. The van der Waals surface area contributed by atoms with E-state index in [0.717, 1.165) is 11.1 Å². The van der Waals surface area contributed by atoms with Gasteiger partial charge in [0.2, 0.25) is 0 Å². The van der Waals surface area contributed by atoms with Crippen molar-refractivity contribution in [3.63, 3.8) is 0 Å². The summed E-state index contributed by atoms with van der Waals surface area (Å²) < 4.78 is 6.84. The molecule has 144 valence electrons. The molecule has 28 heavy (non-hydrogen) atoms. The van der Waals surface area contributed by atoms with Gasteiger partial charge in [-0.15, -0.1) is 0 Å². The fourth-order valence-corrected chi connectivity index (χ4v) is 2.76. The van der Waals surface area contributed by atoms with E-state index in [1.54, 1.807) is 23.1 Å². The molecule has 2 aromatic carbocycles. The van der Waals surface area contributed by atoms with Gasteiger partial charge in [-0.3, -0.25) is 9.59 Å². The van der Waals surface area contributed by atoms with Crippen LogP contribution in [0.5, 0.6) is 5.75 Å². The summed E-state index contributed by atoms with van der Waals surface area (Å²) in [6.07, 6.45) is 3.07. The minimum absolute atomic E-state index is 0.198. The van der Waals surface area contributed by atoms with E-state index < -0.39 is 11.8 Å². The zero-order valence-corrected chi connectivity index (χ0v) is 15.8. The lowest BCUT2D eigenvalue weighted by Gasteiger charge is -2.12. The number of carbonyl (C=O) groups is 2. The van der Waals surface area contributed by atoms with Crippen LogP contribution in [-0.4, -0.2) is 33.7 Å². The highest BCUT2D eigenvalue weighted by molar-refractivity contribution is 6.40. The molecule has 0 saturated carbocycles. The number of aromatic nitrogens is 3. The number of methoxy groups -OCH3 is 1. The van der Waals surface area contributed by atoms with Gasteiger partial charge in [-0.1, -0.05) is 35.9 Å². The van der Waals surface area contributed by atoms with Crippen molar-refractivity contribution in [2.24, 2.45) is 0 Å². The van der Waals surface area contributed by atoms with Gasteiger partial charge >= 0.3 is 11.8 Å². The summed E-state index contributed by atoms with van der Waals surface area (Å²) in [5.41, 5.74) is 2.16. The second-order valence-electron chi connectivity index (χ2n) is 5.84. The summed E-state index contributed by atoms with van der Waals surface area (Å²) in [7, 11) is 1.46. The molecule has 0 bridgehead atoms. The first-order valence-electron chi connectivity index (χ1n) is 8.38. The number of anilines is 1. The molecule has 0 aliphatic carbocycles. The summed E-state index contributed by atoms with van der Waals surface area (Å²) in [6.45, 7) is 0.710. The summed E-state index contributed by atoms with van der Waals surface area (Å²) in [5, 5.41) is 9.62. The van der Waals surface area contributed by atoms with Crippen LogP contribution < -0.4 is 15.4 Å². The molecule has 0 spiro atoms. The number of benzene rings is 2. The maximum absolute atomic E-state index is 12.2. The molecule has 8 nitrogen and oxygen atoms in total. The zero-order chi connectivity index (χ0) is 19.9. The zero-order valence-electron chi connectivity index (χ0n) is 15.1. The van der Waals surface area contributed by atoms with Crippen molar-refractivity contribution in [3.8, 4) is 5.75 Å². The number of hydrogen-bond acceptors (Lipinski definition) is 5. The Hall–Kier alpha value is -3.39. The van der Waals surface area contributed by atoms with E-state index in [1.807, 2.05) is 24.3 Å². The molecule has 0 atom stereocenters. The smallest absolute Gasteiger partial charge is 0.313 e.